The zero-order valence-electron chi connectivity index (χ0n) is 10.2. The third-order valence-electron chi connectivity index (χ3n) is 2.34. The molecule has 0 spiro atoms. The summed E-state index contributed by atoms with van der Waals surface area (Å²) < 4.78 is 0. The Morgan fingerprint density at radius 1 is 1.24 bits per heavy atom. The number of carboxylic acid groups (broad SMARTS) is 1. The summed E-state index contributed by atoms with van der Waals surface area (Å²) >= 11 is 0. The normalized spacial score (nSPS) is 11.9. The van der Waals surface area contributed by atoms with Crippen molar-refractivity contribution in [1.82, 2.24) is 10.6 Å². The molecule has 6 nitrogen and oxygen atoms in total. The van der Waals surface area contributed by atoms with Crippen LogP contribution in [0.4, 0.5) is 4.79 Å². The van der Waals surface area contributed by atoms with Gasteiger partial charge in [-0.05, 0) is 6.42 Å². The topological polar surface area (TPSA) is 98.7 Å². The fraction of sp³-hybridized carbons (Fsp3) is 0.818. The molecular formula is C11H22N2O4. The first-order valence-electron chi connectivity index (χ1n) is 5.99. The maximum Gasteiger partial charge on any atom is 0.326 e. The van der Waals surface area contributed by atoms with Crippen LogP contribution in [0, 0.1) is 0 Å². The minimum absolute atomic E-state index is 0.0125. The van der Waals surface area contributed by atoms with E-state index in [0.29, 0.717) is 6.54 Å². The number of unbranched alkanes of at least 4 members (excludes halogenated alkanes) is 3. The molecule has 0 heterocycles. The molecule has 0 fully saturated rings. The second-order valence-electron chi connectivity index (χ2n) is 3.86. The van der Waals surface area contributed by atoms with E-state index in [0.717, 1.165) is 25.7 Å². The molecule has 0 saturated carbocycles. The lowest BCUT2D eigenvalue weighted by Crippen LogP contribution is -2.46. The molecule has 100 valence electrons. The van der Waals surface area contributed by atoms with Crippen LogP contribution in [0.5, 0.6) is 0 Å². The van der Waals surface area contributed by atoms with E-state index >= 15 is 0 Å². The Kier molecular flexibility index (Phi) is 9.14. The number of urea groups is 1. The van der Waals surface area contributed by atoms with E-state index < -0.39 is 18.0 Å². The smallest absolute Gasteiger partial charge is 0.326 e. The predicted molar refractivity (Wildman–Crippen MR) is 63.8 cm³/mol. The number of amides is 2. The number of aliphatic hydroxyl groups is 1. The van der Waals surface area contributed by atoms with Crippen LogP contribution in [-0.4, -0.2) is 41.4 Å². The van der Waals surface area contributed by atoms with Gasteiger partial charge < -0.3 is 20.8 Å². The maximum absolute atomic E-state index is 11.3. The second kappa shape index (κ2) is 9.89. The van der Waals surface area contributed by atoms with Gasteiger partial charge in [0.05, 0.1) is 0 Å². The summed E-state index contributed by atoms with van der Waals surface area (Å²) in [6.07, 6.45) is 4.21. The first-order chi connectivity index (χ1) is 8.11. The second-order valence-corrected chi connectivity index (χ2v) is 3.86. The third kappa shape index (κ3) is 8.50. The van der Waals surface area contributed by atoms with E-state index in [2.05, 4.69) is 17.6 Å². The number of aliphatic hydroxyl groups excluding tert-OH is 1. The lowest BCUT2D eigenvalue weighted by atomic mass is 10.2. The fourth-order valence-electron chi connectivity index (χ4n) is 1.35. The van der Waals surface area contributed by atoms with Crippen LogP contribution in [-0.2, 0) is 4.79 Å². The zero-order chi connectivity index (χ0) is 13.1. The number of carboxylic acids is 1. The van der Waals surface area contributed by atoms with E-state index in [1.54, 1.807) is 0 Å². The van der Waals surface area contributed by atoms with E-state index in [9.17, 15) is 9.59 Å². The standard InChI is InChI=1S/C11H22N2O4/c1-2-3-4-5-7-12-11(17)13-9(6-8-14)10(15)16/h9,14H,2-8H2,1H3,(H,15,16)(H2,12,13,17)/t9-/m1/s1. The molecule has 0 aromatic carbocycles. The monoisotopic (exact) mass is 246 g/mol. The molecule has 0 rings (SSSR count). The average molecular weight is 246 g/mol. The van der Waals surface area contributed by atoms with Crippen LogP contribution in [0.15, 0.2) is 0 Å². The highest BCUT2D eigenvalue weighted by Crippen LogP contribution is 1.97. The van der Waals surface area contributed by atoms with Crippen LogP contribution in [0.2, 0.25) is 0 Å². The summed E-state index contributed by atoms with van der Waals surface area (Å²) in [7, 11) is 0. The molecule has 0 saturated heterocycles. The zero-order valence-corrected chi connectivity index (χ0v) is 10.2. The average Bonchev–Trinajstić information content (AvgIpc) is 2.28. The molecule has 0 aliphatic heterocycles. The van der Waals surface area contributed by atoms with Gasteiger partial charge in [-0.25, -0.2) is 9.59 Å². The number of carbonyl (C=O) groups is 2. The van der Waals surface area contributed by atoms with Gasteiger partial charge in [0.15, 0.2) is 0 Å². The number of rotatable bonds is 9. The Balaban J connectivity index is 3.71. The lowest BCUT2D eigenvalue weighted by Gasteiger charge is -2.13. The summed E-state index contributed by atoms with van der Waals surface area (Å²) in [6, 6.07) is -1.53. The largest absolute Gasteiger partial charge is 0.480 e. The van der Waals surface area contributed by atoms with Gasteiger partial charge >= 0.3 is 12.0 Å². The highest BCUT2D eigenvalue weighted by molar-refractivity contribution is 5.82. The van der Waals surface area contributed by atoms with E-state index in [-0.39, 0.29) is 13.0 Å². The van der Waals surface area contributed by atoms with E-state index in [1.807, 2.05) is 0 Å². The number of carbonyl (C=O) groups excluding carboxylic acids is 1. The molecule has 6 heteroatoms. The Morgan fingerprint density at radius 2 is 1.94 bits per heavy atom. The number of aliphatic carboxylic acids is 1. The van der Waals surface area contributed by atoms with Crippen LogP contribution in [0.25, 0.3) is 0 Å². The van der Waals surface area contributed by atoms with Crippen molar-refractivity contribution in [2.45, 2.75) is 45.1 Å². The summed E-state index contributed by atoms with van der Waals surface area (Å²) in [5.74, 6) is -1.14. The van der Waals surface area contributed by atoms with Gasteiger partial charge in [-0.15, -0.1) is 0 Å². The number of nitrogens with one attached hydrogen (secondary N) is 2. The van der Waals surface area contributed by atoms with Crippen LogP contribution in [0.1, 0.15) is 39.0 Å². The Morgan fingerprint density at radius 3 is 2.47 bits per heavy atom. The van der Waals surface area contributed by atoms with Crippen molar-refractivity contribution in [2.24, 2.45) is 0 Å². The summed E-state index contributed by atoms with van der Waals surface area (Å²) in [4.78, 5) is 22.0. The SMILES string of the molecule is CCCCCCNC(=O)N[C@H](CCO)C(=O)O. The van der Waals surface area contributed by atoms with E-state index in [1.165, 1.54) is 0 Å². The molecule has 1 atom stereocenters. The van der Waals surface area contributed by atoms with Crippen LogP contribution >= 0.6 is 0 Å². The van der Waals surface area contributed by atoms with Gasteiger partial charge in [0.1, 0.15) is 6.04 Å². The fourth-order valence-corrected chi connectivity index (χ4v) is 1.35. The van der Waals surface area contributed by atoms with Crippen LogP contribution in [0.3, 0.4) is 0 Å². The summed E-state index contributed by atoms with van der Waals surface area (Å²) in [6.45, 7) is 2.37. The molecule has 0 radical (unpaired) electrons. The van der Waals surface area contributed by atoms with Crippen molar-refractivity contribution >= 4 is 12.0 Å². The Bertz CT molecular complexity index is 234. The molecule has 17 heavy (non-hydrogen) atoms. The van der Waals surface area contributed by atoms with Gasteiger partial charge in [-0.3, -0.25) is 0 Å². The molecular weight excluding hydrogens is 224 g/mol. The van der Waals surface area contributed by atoms with Crippen molar-refractivity contribution in [3.8, 4) is 0 Å². The van der Waals surface area contributed by atoms with Gasteiger partial charge in [-0.1, -0.05) is 26.2 Å². The molecule has 0 aliphatic carbocycles. The van der Waals surface area contributed by atoms with Gasteiger partial charge in [0.2, 0.25) is 0 Å². The highest BCUT2D eigenvalue weighted by Gasteiger charge is 2.18. The van der Waals surface area contributed by atoms with Gasteiger partial charge in [0.25, 0.3) is 0 Å². The van der Waals surface area contributed by atoms with Crippen molar-refractivity contribution in [3.63, 3.8) is 0 Å². The summed E-state index contributed by atoms with van der Waals surface area (Å²) in [5, 5.41) is 22.3. The lowest BCUT2D eigenvalue weighted by molar-refractivity contribution is -0.139. The van der Waals surface area contributed by atoms with Crippen LogP contribution < -0.4 is 10.6 Å². The first-order valence-corrected chi connectivity index (χ1v) is 5.99. The highest BCUT2D eigenvalue weighted by atomic mass is 16.4. The molecule has 0 aliphatic rings. The quantitative estimate of drug-likeness (QED) is 0.450. The molecule has 2 amide bonds. The molecule has 0 aromatic heterocycles. The van der Waals surface area contributed by atoms with Crippen molar-refractivity contribution in [1.29, 1.82) is 0 Å². The van der Waals surface area contributed by atoms with Crippen molar-refractivity contribution < 1.29 is 19.8 Å². The third-order valence-corrected chi connectivity index (χ3v) is 2.34. The Labute approximate surface area is 101 Å². The van der Waals surface area contributed by atoms with Gasteiger partial charge in [-0.2, -0.15) is 0 Å². The van der Waals surface area contributed by atoms with Crippen molar-refractivity contribution in [3.05, 3.63) is 0 Å². The minimum atomic E-state index is -1.14. The predicted octanol–water partition coefficient (Wildman–Crippen LogP) is 0.701. The van der Waals surface area contributed by atoms with Crippen molar-refractivity contribution in [2.75, 3.05) is 13.2 Å². The molecule has 0 aromatic rings. The molecule has 4 N–H and O–H groups in total. The maximum atomic E-state index is 11.3. The van der Waals surface area contributed by atoms with Gasteiger partial charge in [0, 0.05) is 19.6 Å². The molecule has 0 unspecified atom stereocenters. The number of hydrogen-bond donors (Lipinski definition) is 4. The van der Waals surface area contributed by atoms with E-state index in [4.69, 9.17) is 10.2 Å². The first kappa shape index (κ1) is 15.7. The molecule has 0 bridgehead atoms. The summed E-state index contributed by atoms with van der Waals surface area (Å²) in [5.41, 5.74) is 0. The number of hydrogen-bond acceptors (Lipinski definition) is 3. The minimum Gasteiger partial charge on any atom is -0.480 e. The Hall–Kier alpha value is -1.30.